The highest BCUT2D eigenvalue weighted by Gasteiger charge is 2.27. The molecule has 0 unspecified atom stereocenters. The van der Waals surface area contributed by atoms with Gasteiger partial charge >= 0.3 is 0 Å². The van der Waals surface area contributed by atoms with Crippen LogP contribution < -0.4 is 14.8 Å². The number of nitrogens with one attached hydrogen (secondary N) is 2. The molecule has 0 spiro atoms. The Labute approximate surface area is 169 Å². The largest absolute Gasteiger partial charge is 0.496 e. The van der Waals surface area contributed by atoms with Crippen LogP contribution in [0.5, 0.6) is 5.75 Å². The minimum atomic E-state index is -3.47. The zero-order valence-electron chi connectivity index (χ0n) is 15.3. The Morgan fingerprint density at radius 1 is 1.21 bits per heavy atom. The van der Waals surface area contributed by atoms with Crippen LogP contribution in [0, 0.1) is 0 Å². The monoisotopic (exact) mass is 420 g/mol. The van der Waals surface area contributed by atoms with Gasteiger partial charge in [-0.1, -0.05) is 23.7 Å². The van der Waals surface area contributed by atoms with E-state index in [9.17, 15) is 13.2 Å². The maximum atomic E-state index is 12.1. The lowest BCUT2D eigenvalue weighted by atomic mass is 10.2. The van der Waals surface area contributed by atoms with Gasteiger partial charge in [0.25, 0.3) is 0 Å². The lowest BCUT2D eigenvalue weighted by Crippen LogP contribution is -2.25. The maximum Gasteiger partial charge on any atom is 0.244 e. The van der Waals surface area contributed by atoms with Crippen molar-refractivity contribution in [2.75, 3.05) is 7.11 Å². The third-order valence-corrected chi connectivity index (χ3v) is 5.98. The molecule has 6 nitrogen and oxygen atoms in total. The van der Waals surface area contributed by atoms with E-state index in [1.165, 1.54) is 6.08 Å². The van der Waals surface area contributed by atoms with Crippen LogP contribution in [0.4, 0.5) is 0 Å². The molecule has 1 amide bonds. The Morgan fingerprint density at radius 3 is 2.57 bits per heavy atom. The Bertz CT molecular complexity index is 984. The number of benzene rings is 2. The van der Waals surface area contributed by atoms with Crippen LogP contribution in [0.25, 0.3) is 6.08 Å². The number of rotatable bonds is 8. The van der Waals surface area contributed by atoms with E-state index in [0.29, 0.717) is 16.3 Å². The van der Waals surface area contributed by atoms with Gasteiger partial charge in [0, 0.05) is 29.2 Å². The van der Waals surface area contributed by atoms with Crippen LogP contribution in [-0.2, 0) is 21.4 Å². The quantitative estimate of drug-likeness (QED) is 0.642. The fraction of sp³-hybridized carbons (Fsp3) is 0.250. The van der Waals surface area contributed by atoms with Gasteiger partial charge in [0.1, 0.15) is 5.75 Å². The molecule has 3 rings (SSSR count). The van der Waals surface area contributed by atoms with Crippen LogP contribution in [0.15, 0.2) is 53.4 Å². The molecule has 1 fully saturated rings. The fourth-order valence-electron chi connectivity index (χ4n) is 2.52. The van der Waals surface area contributed by atoms with Gasteiger partial charge in [0.05, 0.1) is 12.0 Å². The predicted molar refractivity (Wildman–Crippen MR) is 109 cm³/mol. The zero-order valence-corrected chi connectivity index (χ0v) is 16.9. The maximum absolute atomic E-state index is 12.1. The second-order valence-corrected chi connectivity index (χ2v) is 8.63. The summed E-state index contributed by atoms with van der Waals surface area (Å²) in [5.74, 6) is 0.333. The summed E-state index contributed by atoms with van der Waals surface area (Å²) >= 11 is 5.97. The molecule has 0 saturated heterocycles. The molecule has 0 aromatic heterocycles. The van der Waals surface area contributed by atoms with E-state index in [4.69, 9.17) is 16.3 Å². The van der Waals surface area contributed by atoms with Gasteiger partial charge in [-0.25, -0.2) is 13.1 Å². The summed E-state index contributed by atoms with van der Waals surface area (Å²) in [5.41, 5.74) is 1.50. The van der Waals surface area contributed by atoms with Crippen molar-refractivity contribution in [1.82, 2.24) is 10.0 Å². The second kappa shape index (κ2) is 8.77. The van der Waals surface area contributed by atoms with E-state index < -0.39 is 10.0 Å². The van der Waals surface area contributed by atoms with Crippen LogP contribution in [0.2, 0.25) is 5.02 Å². The molecular formula is C20H21ClN2O4S. The first-order valence-electron chi connectivity index (χ1n) is 8.78. The normalized spacial score (nSPS) is 14.2. The number of sulfonamides is 1. The number of ether oxygens (including phenoxy) is 1. The third-order valence-electron chi connectivity index (χ3n) is 4.21. The summed E-state index contributed by atoms with van der Waals surface area (Å²) in [6.45, 7) is 0.284. The first-order valence-corrected chi connectivity index (χ1v) is 10.6. The standard InChI is InChI=1S/C20H21ClN2O4S/c1-27-19-10-5-16(21)12-15(19)4-11-20(24)22-13-14-2-8-18(9-3-14)28(25,26)23-17-6-7-17/h2-5,8-12,17,23H,6-7,13H2,1H3,(H,22,24). The zero-order chi connectivity index (χ0) is 20.1. The van der Waals surface area contributed by atoms with E-state index in [-0.39, 0.29) is 23.4 Å². The van der Waals surface area contributed by atoms with E-state index in [0.717, 1.165) is 18.4 Å². The van der Waals surface area contributed by atoms with Crippen molar-refractivity contribution in [3.05, 3.63) is 64.7 Å². The fourth-order valence-corrected chi connectivity index (χ4v) is 4.01. The highest BCUT2D eigenvalue weighted by Crippen LogP contribution is 2.24. The van der Waals surface area contributed by atoms with Gasteiger partial charge in [0.15, 0.2) is 0 Å². The second-order valence-electron chi connectivity index (χ2n) is 6.48. The number of halogens is 1. The summed E-state index contributed by atoms with van der Waals surface area (Å²) < 4.78 is 32.2. The molecule has 0 bridgehead atoms. The van der Waals surface area contributed by atoms with Gasteiger partial charge in [-0.3, -0.25) is 4.79 Å². The Balaban J connectivity index is 1.56. The molecule has 1 aliphatic carbocycles. The molecule has 0 aliphatic heterocycles. The van der Waals surface area contributed by atoms with Crippen molar-refractivity contribution < 1.29 is 17.9 Å². The van der Waals surface area contributed by atoms with Crippen molar-refractivity contribution >= 4 is 33.6 Å². The van der Waals surface area contributed by atoms with Gasteiger partial charge in [0.2, 0.25) is 15.9 Å². The van der Waals surface area contributed by atoms with Crippen LogP contribution in [0.1, 0.15) is 24.0 Å². The first kappa shape index (κ1) is 20.4. The van der Waals surface area contributed by atoms with Crippen molar-refractivity contribution in [2.45, 2.75) is 30.3 Å². The van der Waals surface area contributed by atoms with E-state index in [1.807, 2.05) is 0 Å². The molecule has 148 valence electrons. The van der Waals surface area contributed by atoms with Gasteiger partial charge in [-0.05, 0) is 54.8 Å². The van der Waals surface area contributed by atoms with Crippen LogP contribution >= 0.6 is 11.6 Å². The van der Waals surface area contributed by atoms with Crippen molar-refractivity contribution in [3.63, 3.8) is 0 Å². The first-order chi connectivity index (χ1) is 13.4. The molecule has 2 aromatic rings. The number of hydrogen-bond acceptors (Lipinski definition) is 4. The summed E-state index contributed by atoms with van der Waals surface area (Å²) in [5, 5.41) is 3.31. The highest BCUT2D eigenvalue weighted by molar-refractivity contribution is 7.89. The topological polar surface area (TPSA) is 84.5 Å². The molecule has 28 heavy (non-hydrogen) atoms. The molecule has 2 aromatic carbocycles. The van der Waals surface area contributed by atoms with Crippen molar-refractivity contribution in [1.29, 1.82) is 0 Å². The number of carbonyl (C=O) groups excluding carboxylic acids is 1. The number of amides is 1. The van der Waals surface area contributed by atoms with Gasteiger partial charge in [-0.2, -0.15) is 0 Å². The van der Waals surface area contributed by atoms with E-state index >= 15 is 0 Å². The molecule has 1 aliphatic rings. The highest BCUT2D eigenvalue weighted by atomic mass is 35.5. The molecule has 8 heteroatoms. The van der Waals surface area contributed by atoms with E-state index in [1.54, 1.807) is 55.7 Å². The summed E-state index contributed by atoms with van der Waals surface area (Å²) in [6.07, 6.45) is 4.79. The molecule has 0 radical (unpaired) electrons. The summed E-state index contributed by atoms with van der Waals surface area (Å²) in [6, 6.07) is 11.7. The minimum Gasteiger partial charge on any atom is -0.496 e. The minimum absolute atomic E-state index is 0.0638. The average Bonchev–Trinajstić information content (AvgIpc) is 3.48. The number of methoxy groups -OCH3 is 1. The molecule has 1 saturated carbocycles. The Kier molecular flexibility index (Phi) is 6.39. The van der Waals surface area contributed by atoms with Gasteiger partial charge in [-0.15, -0.1) is 0 Å². The number of carbonyl (C=O) groups is 1. The lowest BCUT2D eigenvalue weighted by Gasteiger charge is -2.07. The van der Waals surface area contributed by atoms with Crippen LogP contribution in [-0.4, -0.2) is 27.5 Å². The van der Waals surface area contributed by atoms with E-state index in [2.05, 4.69) is 10.0 Å². The molecular weight excluding hydrogens is 400 g/mol. The van der Waals surface area contributed by atoms with Crippen LogP contribution in [0.3, 0.4) is 0 Å². The smallest absolute Gasteiger partial charge is 0.244 e. The van der Waals surface area contributed by atoms with Crippen molar-refractivity contribution in [3.8, 4) is 5.75 Å². The summed E-state index contributed by atoms with van der Waals surface area (Å²) in [7, 11) is -1.92. The third kappa shape index (κ3) is 5.58. The molecule has 0 atom stereocenters. The van der Waals surface area contributed by atoms with Crippen molar-refractivity contribution in [2.24, 2.45) is 0 Å². The summed E-state index contributed by atoms with van der Waals surface area (Å²) in [4.78, 5) is 12.3. The van der Waals surface area contributed by atoms with Gasteiger partial charge < -0.3 is 10.1 Å². The lowest BCUT2D eigenvalue weighted by molar-refractivity contribution is -0.116. The SMILES string of the molecule is COc1ccc(Cl)cc1C=CC(=O)NCc1ccc(S(=O)(=O)NC2CC2)cc1. The Morgan fingerprint density at radius 2 is 1.93 bits per heavy atom. The number of hydrogen-bond donors (Lipinski definition) is 2. The molecule has 0 heterocycles. The Hall–Kier alpha value is -2.35. The predicted octanol–water partition coefficient (Wildman–Crippen LogP) is 3.12. The average molecular weight is 421 g/mol. The molecule has 2 N–H and O–H groups in total.